The van der Waals surface area contributed by atoms with E-state index >= 15 is 0 Å². The summed E-state index contributed by atoms with van der Waals surface area (Å²) in [6.07, 6.45) is 2.96. The molecule has 1 aliphatic heterocycles. The Bertz CT molecular complexity index is 630. The van der Waals surface area contributed by atoms with Gasteiger partial charge in [-0.3, -0.25) is 14.4 Å². The number of nitrogens with one attached hydrogen (secondary N) is 2. The number of likely N-dealkylation sites (tertiary alicyclic amines) is 1. The SMILES string of the molecule is COc1ccc(NC(=O)C(=O)N2CCC[C@@H](NC(=O)C(C)C)C2)cn1. The number of pyridine rings is 1. The van der Waals surface area contributed by atoms with Gasteiger partial charge in [0, 0.05) is 31.1 Å². The second-order valence-electron chi connectivity index (χ2n) is 6.30. The number of hydrogen-bond donors (Lipinski definition) is 2. The minimum atomic E-state index is -0.720. The van der Waals surface area contributed by atoms with Crippen molar-refractivity contribution in [2.75, 3.05) is 25.5 Å². The monoisotopic (exact) mass is 348 g/mol. The molecule has 1 saturated heterocycles. The fourth-order valence-corrected chi connectivity index (χ4v) is 2.55. The molecule has 2 N–H and O–H groups in total. The van der Waals surface area contributed by atoms with Crippen molar-refractivity contribution in [3.63, 3.8) is 0 Å². The molecule has 0 spiro atoms. The van der Waals surface area contributed by atoms with Crippen molar-refractivity contribution in [2.24, 2.45) is 5.92 Å². The van der Waals surface area contributed by atoms with Crippen LogP contribution in [0.15, 0.2) is 18.3 Å². The number of rotatable bonds is 4. The summed E-state index contributed by atoms with van der Waals surface area (Å²) < 4.78 is 4.94. The lowest BCUT2D eigenvalue weighted by Gasteiger charge is -2.33. The van der Waals surface area contributed by atoms with E-state index < -0.39 is 11.8 Å². The van der Waals surface area contributed by atoms with E-state index in [1.54, 1.807) is 12.1 Å². The molecule has 0 aliphatic carbocycles. The van der Waals surface area contributed by atoms with Crippen molar-refractivity contribution in [3.8, 4) is 5.88 Å². The predicted octanol–water partition coefficient (Wildman–Crippen LogP) is 0.792. The number of hydrogen-bond acceptors (Lipinski definition) is 5. The van der Waals surface area contributed by atoms with E-state index in [0.717, 1.165) is 12.8 Å². The minimum absolute atomic E-state index is 0.0481. The summed E-state index contributed by atoms with van der Waals surface area (Å²) in [6.45, 7) is 4.47. The van der Waals surface area contributed by atoms with Gasteiger partial charge in [-0.1, -0.05) is 13.8 Å². The van der Waals surface area contributed by atoms with E-state index in [-0.39, 0.29) is 17.9 Å². The highest BCUT2D eigenvalue weighted by Crippen LogP contribution is 2.14. The third-order valence-corrected chi connectivity index (χ3v) is 3.98. The first-order chi connectivity index (χ1) is 11.9. The second-order valence-corrected chi connectivity index (χ2v) is 6.30. The molecule has 0 unspecified atom stereocenters. The number of amides is 3. The number of aromatic nitrogens is 1. The van der Waals surface area contributed by atoms with Crippen LogP contribution in [0.3, 0.4) is 0 Å². The van der Waals surface area contributed by atoms with Gasteiger partial charge in [0.25, 0.3) is 0 Å². The summed E-state index contributed by atoms with van der Waals surface area (Å²) in [5, 5.41) is 5.44. The zero-order valence-corrected chi connectivity index (χ0v) is 14.7. The zero-order valence-electron chi connectivity index (χ0n) is 14.7. The third-order valence-electron chi connectivity index (χ3n) is 3.98. The summed E-state index contributed by atoms with van der Waals surface area (Å²) in [7, 11) is 1.49. The molecular formula is C17H24N4O4. The van der Waals surface area contributed by atoms with Gasteiger partial charge in [-0.25, -0.2) is 4.98 Å². The zero-order chi connectivity index (χ0) is 18.4. The summed E-state index contributed by atoms with van der Waals surface area (Å²) in [6, 6.07) is 3.08. The summed E-state index contributed by atoms with van der Waals surface area (Å²) in [4.78, 5) is 41.8. The molecule has 1 aromatic heterocycles. The van der Waals surface area contributed by atoms with Crippen molar-refractivity contribution >= 4 is 23.4 Å². The smallest absolute Gasteiger partial charge is 0.313 e. The van der Waals surface area contributed by atoms with Gasteiger partial charge in [0.1, 0.15) is 0 Å². The fraction of sp³-hybridized carbons (Fsp3) is 0.529. The first kappa shape index (κ1) is 18.7. The van der Waals surface area contributed by atoms with Crippen molar-refractivity contribution in [1.82, 2.24) is 15.2 Å². The average Bonchev–Trinajstić information content (AvgIpc) is 2.61. The van der Waals surface area contributed by atoms with Gasteiger partial charge in [0.05, 0.1) is 19.0 Å². The lowest BCUT2D eigenvalue weighted by atomic mass is 10.0. The third kappa shape index (κ3) is 5.17. The summed E-state index contributed by atoms with van der Waals surface area (Å²) in [5.41, 5.74) is 0.417. The number of carbonyl (C=O) groups excluding carboxylic acids is 3. The number of ether oxygens (including phenoxy) is 1. The van der Waals surface area contributed by atoms with Crippen LogP contribution in [-0.2, 0) is 14.4 Å². The highest BCUT2D eigenvalue weighted by molar-refractivity contribution is 6.39. The molecule has 8 heteroatoms. The Kier molecular flexibility index (Phi) is 6.32. The Morgan fingerprint density at radius 2 is 2.08 bits per heavy atom. The van der Waals surface area contributed by atoms with Crippen LogP contribution in [0.4, 0.5) is 5.69 Å². The van der Waals surface area contributed by atoms with Crippen molar-refractivity contribution in [1.29, 1.82) is 0 Å². The molecule has 1 atom stereocenters. The molecule has 2 heterocycles. The number of piperidine rings is 1. The van der Waals surface area contributed by atoms with Crippen LogP contribution < -0.4 is 15.4 Å². The lowest BCUT2D eigenvalue weighted by Crippen LogP contribution is -2.52. The molecule has 8 nitrogen and oxygen atoms in total. The molecule has 0 radical (unpaired) electrons. The Labute approximate surface area is 146 Å². The molecule has 1 aliphatic rings. The Hall–Kier alpha value is -2.64. The molecule has 1 fully saturated rings. The number of anilines is 1. The summed E-state index contributed by atoms with van der Waals surface area (Å²) >= 11 is 0. The van der Waals surface area contributed by atoms with E-state index in [4.69, 9.17) is 4.74 Å². The molecule has 25 heavy (non-hydrogen) atoms. The normalized spacial score (nSPS) is 17.1. The topological polar surface area (TPSA) is 101 Å². The largest absolute Gasteiger partial charge is 0.481 e. The van der Waals surface area contributed by atoms with Crippen LogP contribution >= 0.6 is 0 Å². The number of nitrogens with zero attached hydrogens (tertiary/aromatic N) is 2. The predicted molar refractivity (Wildman–Crippen MR) is 92.0 cm³/mol. The minimum Gasteiger partial charge on any atom is -0.481 e. The van der Waals surface area contributed by atoms with Crippen LogP contribution in [0.5, 0.6) is 5.88 Å². The van der Waals surface area contributed by atoms with Gasteiger partial charge in [0.2, 0.25) is 11.8 Å². The van der Waals surface area contributed by atoms with Gasteiger partial charge in [-0.05, 0) is 18.9 Å². The van der Waals surface area contributed by atoms with Crippen molar-refractivity contribution < 1.29 is 19.1 Å². The van der Waals surface area contributed by atoms with Crippen LogP contribution in [0.25, 0.3) is 0 Å². The average molecular weight is 348 g/mol. The highest BCUT2D eigenvalue weighted by Gasteiger charge is 2.29. The van der Waals surface area contributed by atoms with Gasteiger partial charge in [0.15, 0.2) is 0 Å². The molecule has 2 rings (SSSR count). The Morgan fingerprint density at radius 3 is 2.68 bits per heavy atom. The highest BCUT2D eigenvalue weighted by atomic mass is 16.5. The summed E-state index contributed by atoms with van der Waals surface area (Å²) in [5.74, 6) is -1.07. The molecule has 0 saturated carbocycles. The Morgan fingerprint density at radius 1 is 1.32 bits per heavy atom. The first-order valence-electron chi connectivity index (χ1n) is 8.31. The number of carbonyl (C=O) groups is 3. The maximum atomic E-state index is 12.3. The van der Waals surface area contributed by atoms with Crippen molar-refractivity contribution in [3.05, 3.63) is 18.3 Å². The van der Waals surface area contributed by atoms with E-state index in [1.165, 1.54) is 18.2 Å². The van der Waals surface area contributed by atoms with Crippen LogP contribution in [0.2, 0.25) is 0 Å². The van der Waals surface area contributed by atoms with E-state index in [2.05, 4.69) is 15.6 Å². The van der Waals surface area contributed by atoms with Crippen LogP contribution in [-0.4, -0.2) is 53.8 Å². The van der Waals surface area contributed by atoms with Crippen LogP contribution in [0.1, 0.15) is 26.7 Å². The van der Waals surface area contributed by atoms with Gasteiger partial charge < -0.3 is 20.3 Å². The maximum absolute atomic E-state index is 12.3. The van der Waals surface area contributed by atoms with E-state index in [0.29, 0.717) is 24.7 Å². The van der Waals surface area contributed by atoms with Gasteiger partial charge in [-0.2, -0.15) is 0 Å². The first-order valence-corrected chi connectivity index (χ1v) is 8.31. The standard InChI is InChI=1S/C17H24N4O4/c1-11(2)15(22)20-13-5-4-8-21(10-13)17(24)16(23)19-12-6-7-14(25-3)18-9-12/h6-7,9,11,13H,4-5,8,10H2,1-3H3,(H,19,23)(H,20,22)/t13-/m1/s1. The quantitative estimate of drug-likeness (QED) is 0.784. The molecule has 1 aromatic rings. The van der Waals surface area contributed by atoms with E-state index in [9.17, 15) is 14.4 Å². The molecule has 0 aromatic carbocycles. The van der Waals surface area contributed by atoms with Gasteiger partial charge in [-0.15, -0.1) is 0 Å². The number of methoxy groups -OCH3 is 1. The maximum Gasteiger partial charge on any atom is 0.313 e. The molecule has 3 amide bonds. The van der Waals surface area contributed by atoms with Gasteiger partial charge >= 0.3 is 11.8 Å². The molecule has 0 bridgehead atoms. The molecular weight excluding hydrogens is 324 g/mol. The van der Waals surface area contributed by atoms with Crippen molar-refractivity contribution in [2.45, 2.75) is 32.7 Å². The fourth-order valence-electron chi connectivity index (χ4n) is 2.55. The second kappa shape index (κ2) is 8.46. The molecule has 136 valence electrons. The lowest BCUT2D eigenvalue weighted by molar-refractivity contribution is -0.144. The van der Waals surface area contributed by atoms with Crippen LogP contribution in [0, 0.1) is 5.92 Å². The van der Waals surface area contributed by atoms with E-state index in [1.807, 2.05) is 13.8 Å². The Balaban J connectivity index is 1.91.